The van der Waals surface area contributed by atoms with Crippen LogP contribution in [0.1, 0.15) is 13.3 Å². The first kappa shape index (κ1) is 14.7. The third-order valence-corrected chi connectivity index (χ3v) is 1.02. The second-order valence-corrected chi connectivity index (χ2v) is 2.52. The molecular weight excluding hydrogens is 182 g/mol. The van der Waals surface area contributed by atoms with Crippen molar-refractivity contribution in [3.8, 4) is 0 Å². The van der Waals surface area contributed by atoms with Gasteiger partial charge in [-0.1, -0.05) is 12.7 Å². The summed E-state index contributed by atoms with van der Waals surface area (Å²) in [5.41, 5.74) is 9.05. The van der Waals surface area contributed by atoms with Crippen molar-refractivity contribution in [3.05, 3.63) is 24.8 Å². The molecule has 0 rings (SSSR count). The molecule has 0 atom stereocenters. The van der Waals surface area contributed by atoms with Crippen molar-refractivity contribution >= 4 is 11.9 Å². The van der Waals surface area contributed by atoms with Crippen LogP contribution in [0.2, 0.25) is 0 Å². The van der Waals surface area contributed by atoms with E-state index in [9.17, 15) is 4.79 Å². The lowest BCUT2D eigenvalue weighted by molar-refractivity contribution is -0.117. The fraction of sp³-hybridized carbons (Fsp3) is 0.333. The van der Waals surface area contributed by atoms with Crippen molar-refractivity contribution in [2.75, 3.05) is 6.54 Å². The van der Waals surface area contributed by atoms with Gasteiger partial charge in [0.2, 0.25) is 5.91 Å². The molecule has 0 aliphatic carbocycles. The molecule has 0 unspecified atom stereocenters. The van der Waals surface area contributed by atoms with Crippen LogP contribution in [0, 0.1) is 0 Å². The quantitative estimate of drug-likeness (QED) is 0.344. The lowest BCUT2D eigenvalue weighted by Gasteiger charge is -2.00. The summed E-state index contributed by atoms with van der Waals surface area (Å²) in [6.07, 6.45) is 2.57. The summed E-state index contributed by atoms with van der Waals surface area (Å²) in [7, 11) is 0. The molecule has 0 aromatic heterocycles. The Balaban J connectivity index is 0. The monoisotopic (exact) mass is 199 g/mol. The zero-order valence-electron chi connectivity index (χ0n) is 8.38. The minimum atomic E-state index is -0.833. The van der Waals surface area contributed by atoms with Gasteiger partial charge in [0.1, 0.15) is 0 Å². The fourth-order valence-corrected chi connectivity index (χ4v) is 0.439. The number of hydrogen-bond acceptors (Lipinski definition) is 2. The van der Waals surface area contributed by atoms with Crippen LogP contribution in [-0.2, 0) is 4.79 Å². The summed E-state index contributed by atoms with van der Waals surface area (Å²) in [6.45, 7) is 9.36. The molecule has 5 N–H and O–H groups in total. The Morgan fingerprint density at radius 3 is 2.14 bits per heavy atom. The van der Waals surface area contributed by atoms with E-state index in [1.54, 1.807) is 13.0 Å². The van der Waals surface area contributed by atoms with Gasteiger partial charge in [-0.05, 0) is 13.3 Å². The van der Waals surface area contributed by atoms with E-state index in [2.05, 4.69) is 29.9 Å². The fourth-order valence-electron chi connectivity index (χ4n) is 0.439. The van der Waals surface area contributed by atoms with Gasteiger partial charge in [0.05, 0.1) is 0 Å². The molecule has 0 saturated carbocycles. The molecule has 0 aliphatic rings. The highest BCUT2D eigenvalue weighted by Crippen LogP contribution is 1.85. The first-order chi connectivity index (χ1) is 6.41. The highest BCUT2D eigenvalue weighted by molar-refractivity contribution is 5.91. The number of carbonyl (C=O) groups excluding carboxylic acids is 2. The first-order valence-corrected chi connectivity index (χ1v) is 4.01. The van der Waals surface area contributed by atoms with Gasteiger partial charge in [-0.25, -0.2) is 4.79 Å². The van der Waals surface area contributed by atoms with Crippen molar-refractivity contribution in [3.63, 3.8) is 0 Å². The first-order valence-electron chi connectivity index (χ1n) is 4.01. The molecule has 0 heterocycles. The van der Waals surface area contributed by atoms with Gasteiger partial charge >= 0.3 is 6.03 Å². The Morgan fingerprint density at radius 1 is 1.43 bits per heavy atom. The minimum absolute atomic E-state index is 0.0816. The van der Waals surface area contributed by atoms with E-state index in [-0.39, 0.29) is 5.91 Å². The molecule has 3 amide bonds. The van der Waals surface area contributed by atoms with Crippen LogP contribution >= 0.6 is 0 Å². The Bertz CT molecular complexity index is 220. The lowest BCUT2D eigenvalue weighted by atomic mass is 10.3. The second kappa shape index (κ2) is 9.31. The van der Waals surface area contributed by atoms with E-state index in [1.165, 1.54) is 0 Å². The van der Waals surface area contributed by atoms with E-state index >= 15 is 0 Å². The van der Waals surface area contributed by atoms with Crippen molar-refractivity contribution in [1.29, 1.82) is 0 Å². The molecule has 0 aromatic rings. The summed E-state index contributed by atoms with van der Waals surface area (Å²) < 4.78 is 0. The smallest absolute Gasteiger partial charge is 0.309 e. The number of primary amides is 2. The van der Waals surface area contributed by atoms with Crippen molar-refractivity contribution in [1.82, 2.24) is 5.32 Å². The maximum absolute atomic E-state index is 10.8. The van der Waals surface area contributed by atoms with Gasteiger partial charge in [-0.15, -0.1) is 6.58 Å². The normalized spacial score (nSPS) is 7.79. The van der Waals surface area contributed by atoms with Crippen molar-refractivity contribution < 1.29 is 9.59 Å². The highest BCUT2D eigenvalue weighted by Gasteiger charge is 1.97. The highest BCUT2D eigenvalue weighted by atomic mass is 16.2. The van der Waals surface area contributed by atoms with E-state index in [1.807, 2.05) is 0 Å². The summed E-state index contributed by atoms with van der Waals surface area (Å²) in [6, 6.07) is -0.833. The Labute approximate surface area is 83.8 Å². The van der Waals surface area contributed by atoms with Gasteiger partial charge in [-0.2, -0.15) is 0 Å². The number of rotatable bonds is 4. The number of amides is 3. The molecule has 0 aliphatic heterocycles. The lowest BCUT2D eigenvalue weighted by Crippen LogP contribution is -2.24. The molecule has 0 spiro atoms. The van der Waals surface area contributed by atoms with E-state index in [0.717, 1.165) is 6.42 Å². The molecule has 0 aromatic carbocycles. The van der Waals surface area contributed by atoms with Gasteiger partial charge in [0.15, 0.2) is 0 Å². The Hall–Kier alpha value is -1.78. The summed E-state index contributed by atoms with van der Waals surface area (Å²) in [5, 5.41) is 2.67. The predicted octanol–water partition coefficient (Wildman–Crippen LogP) is 0.279. The van der Waals surface area contributed by atoms with Gasteiger partial charge in [-0.3, -0.25) is 4.79 Å². The van der Waals surface area contributed by atoms with Crippen LogP contribution < -0.4 is 16.8 Å². The molecule has 80 valence electrons. The standard InChI is InChI=1S/C8H13NO.CH4N2O/c1-4-5-6-9-8(10)7(2)3;2-1(3)4/h4H,1-2,5-6H2,3H3,(H,9,10);(H4,2,3,4). The van der Waals surface area contributed by atoms with Crippen LogP contribution in [0.4, 0.5) is 4.79 Å². The molecule has 0 saturated heterocycles. The largest absolute Gasteiger partial charge is 0.352 e. The number of hydrogen-bond donors (Lipinski definition) is 3. The number of urea groups is 1. The molecule has 5 nitrogen and oxygen atoms in total. The third kappa shape index (κ3) is 16.7. The topological polar surface area (TPSA) is 98.2 Å². The van der Waals surface area contributed by atoms with Crippen LogP contribution in [0.15, 0.2) is 24.8 Å². The molecular formula is C9H17N3O2. The number of nitrogens with one attached hydrogen (secondary N) is 1. The molecule has 5 heteroatoms. The zero-order valence-corrected chi connectivity index (χ0v) is 8.38. The van der Waals surface area contributed by atoms with Crippen LogP contribution in [0.25, 0.3) is 0 Å². The Kier molecular flexibility index (Phi) is 9.79. The number of carbonyl (C=O) groups is 2. The maximum atomic E-state index is 10.8. The van der Waals surface area contributed by atoms with Crippen LogP contribution in [-0.4, -0.2) is 18.5 Å². The van der Waals surface area contributed by atoms with Gasteiger partial charge in [0, 0.05) is 12.1 Å². The molecule has 0 fully saturated rings. The van der Waals surface area contributed by atoms with Gasteiger partial charge < -0.3 is 16.8 Å². The van der Waals surface area contributed by atoms with Crippen LogP contribution in [0.3, 0.4) is 0 Å². The van der Waals surface area contributed by atoms with E-state index in [4.69, 9.17) is 4.79 Å². The van der Waals surface area contributed by atoms with Gasteiger partial charge in [0.25, 0.3) is 0 Å². The average Bonchev–Trinajstić information content (AvgIpc) is 2.03. The average molecular weight is 199 g/mol. The van der Waals surface area contributed by atoms with E-state index in [0.29, 0.717) is 12.1 Å². The zero-order chi connectivity index (χ0) is 11.6. The Morgan fingerprint density at radius 2 is 1.86 bits per heavy atom. The predicted molar refractivity (Wildman–Crippen MR) is 56.4 cm³/mol. The van der Waals surface area contributed by atoms with Crippen molar-refractivity contribution in [2.24, 2.45) is 11.5 Å². The molecule has 14 heavy (non-hydrogen) atoms. The molecule has 0 bridgehead atoms. The summed E-state index contributed by atoms with van der Waals surface area (Å²) in [5.74, 6) is -0.0816. The summed E-state index contributed by atoms with van der Waals surface area (Å²) in [4.78, 5) is 19.8. The third-order valence-electron chi connectivity index (χ3n) is 1.02. The summed E-state index contributed by atoms with van der Waals surface area (Å²) >= 11 is 0. The van der Waals surface area contributed by atoms with Crippen molar-refractivity contribution in [2.45, 2.75) is 13.3 Å². The number of nitrogens with two attached hydrogens (primary N) is 2. The SMILES string of the molecule is C=CCCNC(=O)C(=C)C.NC(N)=O. The van der Waals surface area contributed by atoms with Crippen LogP contribution in [0.5, 0.6) is 0 Å². The minimum Gasteiger partial charge on any atom is -0.352 e. The molecule has 0 radical (unpaired) electrons. The maximum Gasteiger partial charge on any atom is 0.309 e. The second-order valence-electron chi connectivity index (χ2n) is 2.52. The van der Waals surface area contributed by atoms with E-state index < -0.39 is 6.03 Å².